The highest BCUT2D eigenvalue weighted by atomic mass is 79.9. The molecule has 0 saturated carbocycles. The third kappa shape index (κ3) is 5.21. The maximum absolute atomic E-state index is 12.0. The first-order chi connectivity index (χ1) is 9.54. The maximum Gasteiger partial charge on any atom is 0.262 e. The Labute approximate surface area is 143 Å². The molecular weight excluding hydrogens is 425 g/mol. The summed E-state index contributed by atoms with van der Waals surface area (Å²) in [4.78, 5) is 11.7. The summed E-state index contributed by atoms with van der Waals surface area (Å²) in [5, 5.41) is 2.39. The molecule has 5 nitrogen and oxygen atoms in total. The zero-order valence-corrected chi connectivity index (χ0v) is 15.8. The number of amides is 1. The normalized spacial score (nSPS) is 14.5. The maximum atomic E-state index is 12.0. The average molecular weight is 437 g/mol. The zero-order chi connectivity index (χ0) is 16.4. The summed E-state index contributed by atoms with van der Waals surface area (Å²) in [6, 6.07) is 2.45. The van der Waals surface area contributed by atoms with Crippen molar-refractivity contribution >= 4 is 64.0 Å². The van der Waals surface area contributed by atoms with Gasteiger partial charge in [0.15, 0.2) is 0 Å². The van der Waals surface area contributed by atoms with Gasteiger partial charge in [-0.25, -0.2) is 8.42 Å². The first-order valence-corrected chi connectivity index (χ1v) is 10.7. The van der Waals surface area contributed by atoms with Crippen LogP contribution in [0.3, 0.4) is 0 Å². The lowest BCUT2D eigenvalue weighted by Crippen LogP contribution is -2.32. The number of hydrogen-bond donors (Lipinski definition) is 1. The van der Waals surface area contributed by atoms with Gasteiger partial charge in [-0.2, -0.15) is 0 Å². The second-order valence-corrected chi connectivity index (χ2v) is 9.76. The van der Waals surface area contributed by atoms with E-state index in [-0.39, 0.29) is 31.7 Å². The molecule has 1 aromatic carbocycles. The van der Waals surface area contributed by atoms with E-state index in [1.54, 1.807) is 6.92 Å². The number of rotatable bonds is 5. The summed E-state index contributed by atoms with van der Waals surface area (Å²) >= 11 is 8.90. The summed E-state index contributed by atoms with van der Waals surface area (Å²) in [5.41, 5.74) is 0.0523. The van der Waals surface area contributed by atoms with Gasteiger partial charge in [0.25, 0.3) is 15.0 Å². The van der Waals surface area contributed by atoms with Gasteiger partial charge in [-0.05, 0) is 35.0 Å². The van der Waals surface area contributed by atoms with Crippen LogP contribution in [0, 0.1) is 0 Å². The van der Waals surface area contributed by atoms with Gasteiger partial charge in [0.2, 0.25) is 0 Å². The molecule has 1 rings (SSSR count). The Morgan fingerprint density at radius 2 is 2.05 bits per heavy atom. The van der Waals surface area contributed by atoms with E-state index in [0.717, 1.165) is 6.07 Å². The molecule has 1 amide bonds. The van der Waals surface area contributed by atoms with E-state index in [0.29, 0.717) is 0 Å². The second-order valence-electron chi connectivity index (χ2n) is 4.23. The summed E-state index contributed by atoms with van der Waals surface area (Å²) in [6.45, 7) is 1.91. The van der Waals surface area contributed by atoms with Crippen LogP contribution in [0.25, 0.3) is 0 Å². The Hall–Kier alpha value is -0.150. The van der Waals surface area contributed by atoms with Crippen LogP contribution in [0.4, 0.5) is 0 Å². The highest BCUT2D eigenvalue weighted by Gasteiger charge is 2.20. The predicted octanol–water partition coefficient (Wildman–Crippen LogP) is 2.53. The van der Waals surface area contributed by atoms with Crippen LogP contribution in [0.5, 0.6) is 0 Å². The Balaban J connectivity index is 3.07. The van der Waals surface area contributed by atoms with E-state index in [1.807, 2.05) is 0 Å². The molecule has 1 aromatic rings. The monoisotopic (exact) mass is 435 g/mol. The van der Waals surface area contributed by atoms with E-state index in [2.05, 4.69) is 21.2 Å². The van der Waals surface area contributed by atoms with Crippen LogP contribution >= 0.6 is 38.2 Å². The molecular formula is C11H12BrCl2NO4S2. The fourth-order valence-electron chi connectivity index (χ4n) is 1.33. The van der Waals surface area contributed by atoms with E-state index in [9.17, 15) is 17.4 Å². The van der Waals surface area contributed by atoms with Gasteiger partial charge in [0.05, 0.1) is 14.4 Å². The van der Waals surface area contributed by atoms with Gasteiger partial charge >= 0.3 is 0 Å². The first kappa shape index (κ1) is 18.9. The molecule has 0 bridgehead atoms. The lowest BCUT2D eigenvalue weighted by Gasteiger charge is -2.11. The van der Waals surface area contributed by atoms with Gasteiger partial charge in [-0.15, -0.1) is 0 Å². The Kier molecular flexibility index (Phi) is 6.67. The van der Waals surface area contributed by atoms with Crippen molar-refractivity contribution in [1.82, 2.24) is 5.32 Å². The molecule has 0 aromatic heterocycles. The van der Waals surface area contributed by atoms with E-state index in [4.69, 9.17) is 22.3 Å². The number of carbonyl (C=O) groups is 1. The molecule has 0 radical (unpaired) electrons. The van der Waals surface area contributed by atoms with Gasteiger partial charge < -0.3 is 5.32 Å². The molecule has 0 aliphatic heterocycles. The molecule has 2 unspecified atom stereocenters. The Morgan fingerprint density at radius 3 is 2.52 bits per heavy atom. The van der Waals surface area contributed by atoms with Crippen molar-refractivity contribution in [2.24, 2.45) is 0 Å². The van der Waals surface area contributed by atoms with Crippen LogP contribution in [-0.4, -0.2) is 36.6 Å². The highest BCUT2D eigenvalue weighted by molar-refractivity contribution is 9.10. The number of hydrogen-bond acceptors (Lipinski definition) is 4. The first-order valence-electron chi connectivity index (χ1n) is 5.58. The van der Waals surface area contributed by atoms with E-state index < -0.39 is 25.8 Å². The topological polar surface area (TPSA) is 80.3 Å². The van der Waals surface area contributed by atoms with Crippen molar-refractivity contribution < 1.29 is 17.4 Å². The quantitative estimate of drug-likeness (QED) is 0.719. The SMILES string of the molecule is CC(CNC(=O)c1cc(Cl)c(Br)c(S(=O)(=O)Cl)c1)S(C)=O. The lowest BCUT2D eigenvalue weighted by molar-refractivity contribution is 0.0954. The smallest absolute Gasteiger partial charge is 0.262 e. The minimum absolute atomic E-state index is 0.0500. The molecule has 0 fully saturated rings. The molecule has 10 heteroatoms. The number of carbonyl (C=O) groups excluding carboxylic acids is 1. The third-order valence-electron chi connectivity index (χ3n) is 2.64. The van der Waals surface area contributed by atoms with Crippen molar-refractivity contribution in [3.8, 4) is 0 Å². The van der Waals surface area contributed by atoms with Crippen molar-refractivity contribution in [2.75, 3.05) is 12.8 Å². The van der Waals surface area contributed by atoms with Gasteiger partial charge in [0, 0.05) is 45.1 Å². The zero-order valence-electron chi connectivity index (χ0n) is 11.0. The Bertz CT molecular complexity index is 694. The minimum Gasteiger partial charge on any atom is -0.351 e. The number of nitrogens with one attached hydrogen (secondary N) is 1. The summed E-state index contributed by atoms with van der Waals surface area (Å²) in [7, 11) is 0.174. The minimum atomic E-state index is -4.04. The molecule has 0 aliphatic carbocycles. The van der Waals surface area contributed by atoms with Crippen LogP contribution in [0.15, 0.2) is 21.5 Å². The van der Waals surface area contributed by atoms with Gasteiger partial charge in [-0.3, -0.25) is 9.00 Å². The fraction of sp³-hybridized carbons (Fsp3) is 0.364. The van der Waals surface area contributed by atoms with Crippen molar-refractivity contribution in [2.45, 2.75) is 17.1 Å². The summed E-state index contributed by atoms with van der Waals surface area (Å²) in [5.74, 6) is -0.525. The largest absolute Gasteiger partial charge is 0.351 e. The highest BCUT2D eigenvalue weighted by Crippen LogP contribution is 2.33. The predicted molar refractivity (Wildman–Crippen MR) is 88.1 cm³/mol. The van der Waals surface area contributed by atoms with E-state index >= 15 is 0 Å². The Morgan fingerprint density at radius 1 is 1.48 bits per heavy atom. The van der Waals surface area contributed by atoms with Crippen molar-refractivity contribution in [3.05, 3.63) is 27.2 Å². The second kappa shape index (κ2) is 7.41. The molecule has 1 N–H and O–H groups in total. The lowest BCUT2D eigenvalue weighted by atomic mass is 10.2. The molecule has 0 saturated heterocycles. The van der Waals surface area contributed by atoms with Crippen LogP contribution in [-0.2, 0) is 19.9 Å². The van der Waals surface area contributed by atoms with E-state index in [1.165, 1.54) is 12.3 Å². The average Bonchev–Trinajstić information content (AvgIpc) is 2.36. The number of benzene rings is 1. The van der Waals surface area contributed by atoms with Crippen molar-refractivity contribution in [3.63, 3.8) is 0 Å². The van der Waals surface area contributed by atoms with Gasteiger partial charge in [0.1, 0.15) is 0 Å². The third-order valence-corrected chi connectivity index (χ3v) is 6.93. The summed E-state index contributed by atoms with van der Waals surface area (Å²) in [6.07, 6.45) is 1.53. The van der Waals surface area contributed by atoms with Crippen molar-refractivity contribution in [1.29, 1.82) is 0 Å². The molecule has 0 aliphatic rings. The molecule has 0 spiro atoms. The number of halogens is 3. The fourth-order valence-corrected chi connectivity index (χ4v) is 4.03. The molecule has 21 heavy (non-hydrogen) atoms. The molecule has 2 atom stereocenters. The van der Waals surface area contributed by atoms with Gasteiger partial charge in [-0.1, -0.05) is 11.6 Å². The molecule has 0 heterocycles. The standard InChI is InChI=1S/C11H12BrCl2NO4S2/c1-6(20(2)17)5-15-11(16)7-3-8(13)10(12)9(4-7)21(14,18)19/h3-4,6H,5H2,1-2H3,(H,15,16). The van der Waals surface area contributed by atoms with Crippen LogP contribution in [0.1, 0.15) is 17.3 Å². The summed E-state index contributed by atoms with van der Waals surface area (Å²) < 4.78 is 34.2. The molecule has 118 valence electrons. The van der Waals surface area contributed by atoms with Crippen LogP contribution in [0.2, 0.25) is 5.02 Å². The van der Waals surface area contributed by atoms with Crippen LogP contribution < -0.4 is 5.32 Å².